The number of nitrogen functional groups attached to an aromatic ring is 1. The van der Waals surface area contributed by atoms with Gasteiger partial charge in [0.25, 0.3) is 0 Å². The molecule has 1 saturated heterocycles. The Labute approximate surface area is 208 Å². The number of fused-ring (bicyclic) bond motifs is 1. The van der Waals surface area contributed by atoms with Crippen LogP contribution in [0, 0.1) is 11.3 Å². The molecule has 2 aromatic carbocycles. The number of nitrogens with zero attached hydrogens (tertiary/aromatic N) is 3. The van der Waals surface area contributed by atoms with Crippen molar-refractivity contribution in [3.63, 3.8) is 0 Å². The predicted molar refractivity (Wildman–Crippen MR) is 148 cm³/mol. The third-order valence-corrected chi connectivity index (χ3v) is 6.80. The van der Waals surface area contributed by atoms with Gasteiger partial charge in [-0.2, -0.15) is 0 Å². The van der Waals surface area contributed by atoms with Crippen molar-refractivity contribution in [3.05, 3.63) is 71.0 Å². The van der Waals surface area contributed by atoms with Crippen LogP contribution in [0.2, 0.25) is 0 Å². The van der Waals surface area contributed by atoms with E-state index in [4.69, 9.17) is 16.9 Å². The molecule has 1 aliphatic heterocycles. The maximum absolute atomic E-state index is 8.86. The summed E-state index contributed by atoms with van der Waals surface area (Å²) in [6, 6.07) is 14.1. The number of aromatic amines is 1. The van der Waals surface area contributed by atoms with E-state index in [1.165, 1.54) is 37.7 Å². The third kappa shape index (κ3) is 5.81. The molecule has 0 bridgehead atoms. The summed E-state index contributed by atoms with van der Waals surface area (Å²) in [4.78, 5) is 12.3. The molecule has 0 saturated carbocycles. The zero-order valence-electron chi connectivity index (χ0n) is 21.0. The zero-order chi connectivity index (χ0) is 24.9. The fraction of sp³-hybridized carbons (Fsp3) is 0.357. The highest BCUT2D eigenvalue weighted by molar-refractivity contribution is 6.16. The Kier molecular flexibility index (Phi) is 7.68. The first-order chi connectivity index (χ1) is 16.9. The number of hydrogen-bond donors (Lipinski definition) is 4. The van der Waals surface area contributed by atoms with Gasteiger partial charge < -0.3 is 26.3 Å². The topological polar surface area (TPSA) is 111 Å². The maximum atomic E-state index is 8.86. The summed E-state index contributed by atoms with van der Waals surface area (Å²) in [5, 5.41) is 9.96. The average Bonchev–Trinajstić information content (AvgIpc) is 3.26. The monoisotopic (exact) mass is 471 g/mol. The largest absolute Gasteiger partial charge is 0.404 e. The Bertz CT molecular complexity index is 1250. The number of hydrogen-bond acceptors (Lipinski definition) is 6. The molecule has 1 atom stereocenters. The molecule has 6 N–H and O–H groups in total. The van der Waals surface area contributed by atoms with Crippen molar-refractivity contribution >= 4 is 34.1 Å². The van der Waals surface area contributed by atoms with E-state index in [-0.39, 0.29) is 0 Å². The lowest BCUT2D eigenvalue weighted by Gasteiger charge is -2.32. The van der Waals surface area contributed by atoms with E-state index in [0.717, 1.165) is 46.7 Å². The second-order valence-electron chi connectivity index (χ2n) is 9.76. The highest BCUT2D eigenvalue weighted by Gasteiger charge is 2.19. The van der Waals surface area contributed by atoms with Gasteiger partial charge in [-0.15, -0.1) is 0 Å². The molecule has 7 heteroatoms. The van der Waals surface area contributed by atoms with Gasteiger partial charge in [0.1, 0.15) is 0 Å². The molecule has 184 valence electrons. The molecular formula is C28H37N7. The summed E-state index contributed by atoms with van der Waals surface area (Å²) < 4.78 is 0. The maximum Gasteiger partial charge on any atom is 0.0868 e. The Balaban J connectivity index is 1.52. The zero-order valence-corrected chi connectivity index (χ0v) is 21.0. The molecule has 3 aromatic rings. The van der Waals surface area contributed by atoms with Gasteiger partial charge in [0.15, 0.2) is 0 Å². The normalized spacial score (nSPS) is 17.6. The van der Waals surface area contributed by atoms with Crippen LogP contribution in [-0.4, -0.2) is 67.5 Å². The Hall–Kier alpha value is -3.42. The van der Waals surface area contributed by atoms with E-state index in [1.54, 1.807) is 13.3 Å². The lowest BCUT2D eigenvalue weighted by Crippen LogP contribution is -2.37. The van der Waals surface area contributed by atoms with E-state index in [0.29, 0.717) is 17.0 Å². The number of piperidine rings is 1. The minimum absolute atomic E-state index is 0.352. The first-order valence-corrected chi connectivity index (χ1v) is 12.2. The van der Waals surface area contributed by atoms with E-state index in [1.807, 2.05) is 24.3 Å². The van der Waals surface area contributed by atoms with Crippen LogP contribution in [0.15, 0.2) is 53.7 Å². The van der Waals surface area contributed by atoms with Crippen LogP contribution in [-0.2, 0) is 6.54 Å². The minimum Gasteiger partial charge on any atom is -0.404 e. The summed E-state index contributed by atoms with van der Waals surface area (Å²) in [6.45, 7) is 4.43. The second-order valence-corrected chi connectivity index (χ2v) is 9.76. The van der Waals surface area contributed by atoms with Crippen LogP contribution in [0.4, 0.5) is 5.69 Å². The summed E-state index contributed by atoms with van der Waals surface area (Å²) in [5.41, 5.74) is 18.3. The Morgan fingerprint density at radius 2 is 2.09 bits per heavy atom. The van der Waals surface area contributed by atoms with Crippen LogP contribution in [0.3, 0.4) is 0 Å². The SMILES string of the molecule is CN=CC(=CN)c1ccc(N)c(C(=N)c2cc3cc(CN(C)CC4CCCN(C)C4)ccc3[nH]2)c1. The number of rotatable bonds is 8. The molecule has 2 heterocycles. The second kappa shape index (κ2) is 10.9. The summed E-state index contributed by atoms with van der Waals surface area (Å²) in [7, 11) is 6.13. The number of aromatic nitrogens is 1. The fourth-order valence-corrected chi connectivity index (χ4v) is 5.10. The molecule has 0 radical (unpaired) electrons. The first-order valence-electron chi connectivity index (χ1n) is 12.2. The number of nitrogens with two attached hydrogens (primary N) is 2. The predicted octanol–water partition coefficient (Wildman–Crippen LogP) is 3.94. The third-order valence-electron chi connectivity index (χ3n) is 6.80. The molecule has 1 aliphatic rings. The Morgan fingerprint density at radius 1 is 1.26 bits per heavy atom. The number of benzene rings is 2. The number of H-pyrrole nitrogens is 1. The van der Waals surface area contributed by atoms with Crippen molar-refractivity contribution in [2.75, 3.05) is 46.5 Å². The standard InChI is InChI=1S/C28H37N7/c1-32-15-23(14-29)21-7-8-25(30)24(12-21)28(31)27-13-22-11-19(6-9-26(22)33-27)16-35(3)18-20-5-4-10-34(2)17-20/h6-9,11-15,20,31,33H,4-5,10,16-18,29-30H2,1-3H3. The van der Waals surface area contributed by atoms with Crippen LogP contribution in [0.1, 0.15) is 35.2 Å². The van der Waals surface area contributed by atoms with Crippen molar-refractivity contribution in [2.24, 2.45) is 16.6 Å². The van der Waals surface area contributed by atoms with E-state index < -0.39 is 0 Å². The molecule has 0 spiro atoms. The molecule has 0 amide bonds. The molecule has 1 unspecified atom stereocenters. The highest BCUT2D eigenvalue weighted by Crippen LogP contribution is 2.25. The quantitative estimate of drug-likeness (QED) is 0.295. The Morgan fingerprint density at radius 3 is 2.83 bits per heavy atom. The number of anilines is 1. The van der Waals surface area contributed by atoms with Gasteiger partial charge in [0.05, 0.1) is 11.4 Å². The van der Waals surface area contributed by atoms with Gasteiger partial charge in [-0.3, -0.25) is 10.4 Å². The lowest BCUT2D eigenvalue weighted by atomic mass is 9.98. The summed E-state index contributed by atoms with van der Waals surface area (Å²) in [6.07, 6.45) is 5.82. The highest BCUT2D eigenvalue weighted by atomic mass is 15.1. The number of aliphatic imine (C=N–C) groups is 1. The average molecular weight is 472 g/mol. The molecule has 1 fully saturated rings. The number of nitrogens with one attached hydrogen (secondary N) is 2. The van der Waals surface area contributed by atoms with Crippen LogP contribution >= 0.6 is 0 Å². The van der Waals surface area contributed by atoms with Gasteiger partial charge >= 0.3 is 0 Å². The van der Waals surface area contributed by atoms with E-state index in [2.05, 4.69) is 52.1 Å². The van der Waals surface area contributed by atoms with Gasteiger partial charge in [0.2, 0.25) is 0 Å². The van der Waals surface area contributed by atoms with Crippen molar-refractivity contribution in [1.29, 1.82) is 5.41 Å². The minimum atomic E-state index is 0.352. The van der Waals surface area contributed by atoms with Crippen LogP contribution in [0.5, 0.6) is 0 Å². The van der Waals surface area contributed by atoms with Gasteiger partial charge in [-0.25, -0.2) is 0 Å². The lowest BCUT2D eigenvalue weighted by molar-refractivity contribution is 0.164. The fourth-order valence-electron chi connectivity index (χ4n) is 5.10. The van der Waals surface area contributed by atoms with E-state index >= 15 is 0 Å². The molecular weight excluding hydrogens is 434 g/mol. The molecule has 0 aliphatic carbocycles. The smallest absolute Gasteiger partial charge is 0.0868 e. The van der Waals surface area contributed by atoms with Crippen LogP contribution < -0.4 is 11.5 Å². The van der Waals surface area contributed by atoms with Crippen molar-refractivity contribution in [2.45, 2.75) is 19.4 Å². The van der Waals surface area contributed by atoms with Gasteiger partial charge in [0, 0.05) is 66.8 Å². The van der Waals surface area contributed by atoms with Crippen molar-refractivity contribution in [1.82, 2.24) is 14.8 Å². The number of likely N-dealkylation sites (tertiary alicyclic amines) is 1. The first kappa shape index (κ1) is 24.7. The molecule has 4 rings (SSSR count). The van der Waals surface area contributed by atoms with Crippen LogP contribution in [0.25, 0.3) is 16.5 Å². The molecule has 7 nitrogen and oxygen atoms in total. The number of allylic oxidation sites excluding steroid dienone is 1. The van der Waals surface area contributed by atoms with Gasteiger partial charge in [-0.1, -0.05) is 12.1 Å². The van der Waals surface area contributed by atoms with E-state index in [9.17, 15) is 0 Å². The summed E-state index contributed by atoms with van der Waals surface area (Å²) in [5.74, 6) is 0.737. The molecule has 35 heavy (non-hydrogen) atoms. The van der Waals surface area contributed by atoms with Crippen molar-refractivity contribution in [3.8, 4) is 0 Å². The van der Waals surface area contributed by atoms with Crippen molar-refractivity contribution < 1.29 is 0 Å². The summed E-state index contributed by atoms with van der Waals surface area (Å²) >= 11 is 0. The van der Waals surface area contributed by atoms with Gasteiger partial charge in [-0.05, 0) is 80.9 Å². The molecule has 1 aromatic heterocycles.